The Hall–Kier alpha value is -1.67. The van der Waals surface area contributed by atoms with Gasteiger partial charge in [0.05, 0.1) is 19.6 Å². The number of carbonyl (C=O) groups excluding carboxylic acids is 3. The quantitative estimate of drug-likeness (QED) is 0.288. The molecule has 0 aromatic carbocycles. The van der Waals surface area contributed by atoms with Gasteiger partial charge in [-0.1, -0.05) is 0 Å². The van der Waals surface area contributed by atoms with Crippen LogP contribution in [0.2, 0.25) is 0 Å². The summed E-state index contributed by atoms with van der Waals surface area (Å²) in [6.45, 7) is 4.57. The molecule has 116 valence electrons. The summed E-state index contributed by atoms with van der Waals surface area (Å²) >= 11 is 0. The first-order valence-electron chi connectivity index (χ1n) is 6.64. The second-order valence-corrected chi connectivity index (χ2v) is 4.33. The van der Waals surface area contributed by atoms with E-state index in [9.17, 15) is 14.4 Å². The number of quaternary nitrogens is 2. The van der Waals surface area contributed by atoms with E-state index in [4.69, 9.17) is 9.47 Å². The average Bonchev–Trinajstić information content (AvgIpc) is 2.37. The van der Waals surface area contributed by atoms with Crippen molar-refractivity contribution in [3.63, 3.8) is 0 Å². The Kier molecular flexibility index (Phi) is 10.2. The van der Waals surface area contributed by atoms with E-state index in [-0.39, 0.29) is 19.1 Å². The molecule has 1 amide bonds. The molecule has 0 bridgehead atoms. The predicted octanol–water partition coefficient (Wildman–Crippen LogP) is -3.21. The minimum Gasteiger partial charge on any atom is -0.462 e. The lowest BCUT2D eigenvalue weighted by Crippen LogP contribution is -2.87. The fourth-order valence-electron chi connectivity index (χ4n) is 1.40. The minimum absolute atomic E-state index is 0.0690. The van der Waals surface area contributed by atoms with Crippen LogP contribution in [0.5, 0.6) is 0 Å². The van der Waals surface area contributed by atoms with Gasteiger partial charge in [-0.3, -0.25) is 14.4 Å². The lowest BCUT2D eigenvalue weighted by Gasteiger charge is -2.17. The van der Waals surface area contributed by atoms with Crippen molar-refractivity contribution in [1.82, 2.24) is 5.32 Å². The molecule has 0 rings (SSSR count). The van der Waals surface area contributed by atoms with Gasteiger partial charge in [-0.25, -0.2) is 0 Å². The molecular weight excluding hydrogens is 266 g/mol. The van der Waals surface area contributed by atoms with Gasteiger partial charge >= 0.3 is 11.9 Å². The van der Waals surface area contributed by atoms with Gasteiger partial charge in [0, 0.05) is 20.3 Å². The summed E-state index contributed by atoms with van der Waals surface area (Å²) in [6.07, 6.45) is 0.288. The van der Waals surface area contributed by atoms with Crippen LogP contribution in [0.25, 0.3) is 0 Å². The van der Waals surface area contributed by atoms with Gasteiger partial charge in [0.15, 0.2) is 12.6 Å². The van der Waals surface area contributed by atoms with E-state index in [0.717, 1.165) is 19.5 Å². The number of esters is 2. The summed E-state index contributed by atoms with van der Waals surface area (Å²) in [6, 6.07) is 0. The Morgan fingerprint density at radius 3 is 2.50 bits per heavy atom. The van der Waals surface area contributed by atoms with Crippen molar-refractivity contribution in [2.45, 2.75) is 26.4 Å². The van der Waals surface area contributed by atoms with Crippen LogP contribution in [-0.4, -0.2) is 56.7 Å². The first-order valence-corrected chi connectivity index (χ1v) is 6.64. The topological polar surface area (TPSA) is 126 Å². The third-order valence-corrected chi connectivity index (χ3v) is 2.32. The van der Waals surface area contributed by atoms with E-state index in [1.807, 2.05) is 5.32 Å². The number of hydrogen-bond donors (Lipinski definition) is 3. The van der Waals surface area contributed by atoms with Crippen LogP contribution >= 0.6 is 0 Å². The van der Waals surface area contributed by atoms with Gasteiger partial charge in [-0.2, -0.15) is 0 Å². The molecule has 0 aliphatic rings. The van der Waals surface area contributed by atoms with Crippen LogP contribution in [0.1, 0.15) is 20.3 Å². The first-order chi connectivity index (χ1) is 9.45. The molecule has 20 heavy (non-hydrogen) atoms. The van der Waals surface area contributed by atoms with E-state index in [0.29, 0.717) is 6.54 Å². The Balaban J connectivity index is 3.94. The van der Waals surface area contributed by atoms with Gasteiger partial charge in [0.2, 0.25) is 0 Å². The number of hydrogen-bond acceptors (Lipinski definition) is 5. The zero-order chi connectivity index (χ0) is 15.4. The van der Waals surface area contributed by atoms with Gasteiger partial charge in [-0.05, 0) is 0 Å². The average molecular weight is 291 g/mol. The van der Waals surface area contributed by atoms with Gasteiger partial charge in [0.1, 0.15) is 6.61 Å². The van der Waals surface area contributed by atoms with Crippen LogP contribution in [0, 0.1) is 0 Å². The Morgan fingerprint density at radius 1 is 1.25 bits per heavy atom. The standard InChI is InChI=1S/C12H23N3O5/c1-9(16)19-8-11(20-10(2)17)6-15-12(18)7-14-5-3-4-13/h11,14H,3-8,13H2,1-2H3,(H,15,18)/p+2. The van der Waals surface area contributed by atoms with Crippen LogP contribution in [-0.2, 0) is 23.9 Å². The molecule has 0 radical (unpaired) electrons. The highest BCUT2D eigenvalue weighted by Gasteiger charge is 2.15. The molecule has 0 aliphatic carbocycles. The molecule has 0 spiro atoms. The molecular formula is C12H25N3O5+2. The monoisotopic (exact) mass is 291 g/mol. The van der Waals surface area contributed by atoms with E-state index in [2.05, 4.69) is 11.1 Å². The maximum Gasteiger partial charge on any atom is 0.303 e. The second-order valence-electron chi connectivity index (χ2n) is 4.33. The highest BCUT2D eigenvalue weighted by Crippen LogP contribution is 1.94. The van der Waals surface area contributed by atoms with Crippen molar-refractivity contribution in [2.75, 3.05) is 32.8 Å². The zero-order valence-corrected chi connectivity index (χ0v) is 12.1. The van der Waals surface area contributed by atoms with Crippen molar-refractivity contribution in [1.29, 1.82) is 0 Å². The minimum atomic E-state index is -0.666. The molecule has 0 saturated carbocycles. The summed E-state index contributed by atoms with van der Waals surface area (Å²) in [5.41, 5.74) is 3.71. The maximum absolute atomic E-state index is 11.5. The molecule has 1 atom stereocenters. The number of nitrogens with one attached hydrogen (secondary N) is 1. The fourth-order valence-corrected chi connectivity index (χ4v) is 1.40. The SMILES string of the molecule is CC(=O)OCC(CNC(=O)C[NH2+]CCC[NH3+])OC(C)=O. The molecule has 0 aromatic heterocycles. The Labute approximate surface area is 118 Å². The van der Waals surface area contributed by atoms with E-state index in [1.54, 1.807) is 0 Å². The largest absolute Gasteiger partial charge is 0.462 e. The third-order valence-electron chi connectivity index (χ3n) is 2.32. The third kappa shape index (κ3) is 11.4. The number of nitrogens with two attached hydrogens (primary N) is 1. The summed E-state index contributed by atoms with van der Waals surface area (Å²) < 4.78 is 9.71. The van der Waals surface area contributed by atoms with Crippen molar-refractivity contribution in [3.05, 3.63) is 0 Å². The van der Waals surface area contributed by atoms with Crippen LogP contribution < -0.4 is 16.4 Å². The molecule has 8 nitrogen and oxygen atoms in total. The second kappa shape index (κ2) is 11.2. The van der Waals surface area contributed by atoms with Crippen molar-refractivity contribution in [2.24, 2.45) is 0 Å². The molecule has 1 unspecified atom stereocenters. The fraction of sp³-hybridized carbons (Fsp3) is 0.750. The van der Waals surface area contributed by atoms with E-state index < -0.39 is 18.0 Å². The first kappa shape index (κ1) is 18.3. The summed E-state index contributed by atoms with van der Waals surface area (Å²) in [4.78, 5) is 33.1. The van der Waals surface area contributed by atoms with Gasteiger partial charge < -0.3 is 25.8 Å². The van der Waals surface area contributed by atoms with E-state index in [1.165, 1.54) is 13.8 Å². The summed E-state index contributed by atoms with van der Waals surface area (Å²) in [5.74, 6) is -1.11. The van der Waals surface area contributed by atoms with Crippen LogP contribution in [0.3, 0.4) is 0 Å². The number of ether oxygens (including phenoxy) is 2. The highest BCUT2D eigenvalue weighted by molar-refractivity contribution is 5.76. The van der Waals surface area contributed by atoms with Crippen molar-refractivity contribution >= 4 is 17.8 Å². The normalized spacial score (nSPS) is 11.6. The maximum atomic E-state index is 11.5. The smallest absolute Gasteiger partial charge is 0.303 e. The van der Waals surface area contributed by atoms with Gasteiger partial charge in [-0.15, -0.1) is 0 Å². The molecule has 6 N–H and O–H groups in total. The van der Waals surface area contributed by atoms with Crippen LogP contribution in [0.4, 0.5) is 0 Å². The summed E-state index contributed by atoms with van der Waals surface area (Å²) in [7, 11) is 0. The number of carbonyl (C=O) groups is 3. The van der Waals surface area contributed by atoms with Crippen LogP contribution in [0.15, 0.2) is 0 Å². The summed E-state index contributed by atoms with van der Waals surface area (Å²) in [5, 5.41) is 4.52. The molecule has 0 heterocycles. The lowest BCUT2D eigenvalue weighted by atomic mass is 10.3. The predicted molar refractivity (Wildman–Crippen MR) is 69.2 cm³/mol. The molecule has 0 saturated heterocycles. The van der Waals surface area contributed by atoms with Crippen molar-refractivity contribution < 1.29 is 34.9 Å². The van der Waals surface area contributed by atoms with E-state index >= 15 is 0 Å². The Bertz CT molecular complexity index is 322. The number of amides is 1. The molecule has 8 heteroatoms. The molecule has 0 fully saturated rings. The molecule has 0 aliphatic heterocycles. The highest BCUT2D eigenvalue weighted by atomic mass is 16.6. The zero-order valence-electron chi connectivity index (χ0n) is 12.1. The lowest BCUT2D eigenvalue weighted by molar-refractivity contribution is -0.646. The van der Waals surface area contributed by atoms with Crippen molar-refractivity contribution in [3.8, 4) is 0 Å². The Morgan fingerprint density at radius 2 is 1.95 bits per heavy atom. The molecule has 0 aromatic rings. The number of rotatable bonds is 10. The van der Waals surface area contributed by atoms with Gasteiger partial charge in [0.25, 0.3) is 5.91 Å².